The zero-order valence-corrected chi connectivity index (χ0v) is 13.2. The minimum Gasteiger partial charge on any atom is -0.339 e. The number of nitrogens with one attached hydrogen (secondary N) is 1. The fourth-order valence-corrected chi connectivity index (χ4v) is 2.98. The number of aromatic amines is 1. The molecule has 25 heavy (non-hydrogen) atoms. The zero-order valence-electron chi connectivity index (χ0n) is 13.2. The SMILES string of the molecule is O=C(c1cn[nH]n1)N1CCC[C@H](c2nc(-c3cccc(F)c3)no2)C1. The van der Waals surface area contributed by atoms with E-state index >= 15 is 0 Å². The van der Waals surface area contributed by atoms with Crippen molar-refractivity contribution < 1.29 is 13.7 Å². The van der Waals surface area contributed by atoms with Crippen molar-refractivity contribution in [2.45, 2.75) is 18.8 Å². The van der Waals surface area contributed by atoms with Gasteiger partial charge in [0.15, 0.2) is 5.69 Å². The van der Waals surface area contributed by atoms with Gasteiger partial charge < -0.3 is 9.42 Å². The molecule has 128 valence electrons. The first kappa shape index (κ1) is 15.4. The molecule has 0 unspecified atom stereocenters. The molecule has 3 aromatic rings. The van der Waals surface area contributed by atoms with Gasteiger partial charge in [0.2, 0.25) is 11.7 Å². The van der Waals surface area contributed by atoms with Crippen LogP contribution < -0.4 is 0 Å². The van der Waals surface area contributed by atoms with Gasteiger partial charge in [0.1, 0.15) is 5.82 Å². The summed E-state index contributed by atoms with van der Waals surface area (Å²) >= 11 is 0. The Balaban J connectivity index is 1.51. The summed E-state index contributed by atoms with van der Waals surface area (Å²) in [4.78, 5) is 18.5. The molecule has 0 spiro atoms. The minimum atomic E-state index is -0.356. The van der Waals surface area contributed by atoms with Crippen molar-refractivity contribution >= 4 is 5.91 Å². The molecule has 0 radical (unpaired) electrons. The van der Waals surface area contributed by atoms with Crippen LogP contribution in [0.4, 0.5) is 4.39 Å². The summed E-state index contributed by atoms with van der Waals surface area (Å²) < 4.78 is 18.7. The minimum absolute atomic E-state index is 0.0561. The highest BCUT2D eigenvalue weighted by molar-refractivity contribution is 5.92. The van der Waals surface area contributed by atoms with Crippen molar-refractivity contribution in [1.82, 2.24) is 30.5 Å². The van der Waals surface area contributed by atoms with Crippen molar-refractivity contribution in [1.29, 1.82) is 0 Å². The average molecular weight is 342 g/mol. The third-order valence-electron chi connectivity index (χ3n) is 4.22. The van der Waals surface area contributed by atoms with Gasteiger partial charge in [0, 0.05) is 18.7 Å². The van der Waals surface area contributed by atoms with Gasteiger partial charge in [-0.3, -0.25) is 4.79 Å². The van der Waals surface area contributed by atoms with Crippen LogP contribution in [0.3, 0.4) is 0 Å². The number of amides is 1. The highest BCUT2D eigenvalue weighted by atomic mass is 19.1. The first-order valence-corrected chi connectivity index (χ1v) is 7.95. The predicted octanol–water partition coefficient (Wildman–Crippen LogP) is 2.01. The lowest BCUT2D eigenvalue weighted by atomic mass is 9.97. The number of nitrogens with zero attached hydrogens (tertiary/aromatic N) is 5. The van der Waals surface area contributed by atoms with Gasteiger partial charge in [-0.1, -0.05) is 17.3 Å². The van der Waals surface area contributed by atoms with E-state index in [4.69, 9.17) is 4.52 Å². The van der Waals surface area contributed by atoms with Gasteiger partial charge in [0.05, 0.1) is 12.1 Å². The lowest BCUT2D eigenvalue weighted by molar-refractivity contribution is 0.0689. The highest BCUT2D eigenvalue weighted by Crippen LogP contribution is 2.28. The van der Waals surface area contributed by atoms with E-state index in [0.29, 0.717) is 30.4 Å². The number of carbonyl (C=O) groups is 1. The number of H-pyrrole nitrogens is 1. The van der Waals surface area contributed by atoms with Crippen molar-refractivity contribution in [3.63, 3.8) is 0 Å². The topological polar surface area (TPSA) is 101 Å². The lowest BCUT2D eigenvalue weighted by Crippen LogP contribution is -2.39. The second-order valence-electron chi connectivity index (χ2n) is 5.91. The zero-order chi connectivity index (χ0) is 17.2. The van der Waals surface area contributed by atoms with Gasteiger partial charge in [-0.05, 0) is 25.0 Å². The fourth-order valence-electron chi connectivity index (χ4n) is 2.98. The first-order chi connectivity index (χ1) is 12.2. The van der Waals surface area contributed by atoms with Gasteiger partial charge in [-0.25, -0.2) is 4.39 Å². The van der Waals surface area contributed by atoms with Crippen LogP contribution in [-0.4, -0.2) is 49.4 Å². The standard InChI is InChI=1S/C16H15FN6O2/c17-12-5-1-3-10(7-12)14-19-15(25-21-14)11-4-2-6-23(9-11)16(24)13-8-18-22-20-13/h1,3,5,7-8,11H,2,4,6,9H2,(H,18,20,22)/t11-/m0/s1. The molecular weight excluding hydrogens is 327 g/mol. The summed E-state index contributed by atoms with van der Waals surface area (Å²) in [6.07, 6.45) is 3.07. The van der Waals surface area contributed by atoms with E-state index in [1.165, 1.54) is 18.3 Å². The van der Waals surface area contributed by atoms with Crippen LogP contribution in [0.1, 0.15) is 35.1 Å². The number of piperidine rings is 1. The van der Waals surface area contributed by atoms with Crippen LogP contribution in [0, 0.1) is 5.82 Å². The second kappa shape index (κ2) is 6.42. The smallest absolute Gasteiger partial charge is 0.276 e. The Bertz CT molecular complexity index is 878. The average Bonchev–Trinajstić information content (AvgIpc) is 3.33. The summed E-state index contributed by atoms with van der Waals surface area (Å²) in [6, 6.07) is 6.04. The number of rotatable bonds is 3. The maximum absolute atomic E-state index is 13.3. The molecule has 3 heterocycles. The van der Waals surface area contributed by atoms with E-state index in [9.17, 15) is 9.18 Å². The number of halogens is 1. The third kappa shape index (κ3) is 3.12. The molecule has 8 nitrogen and oxygen atoms in total. The number of benzene rings is 1. The molecule has 9 heteroatoms. The summed E-state index contributed by atoms with van der Waals surface area (Å²) in [6.45, 7) is 1.11. The molecule has 1 aliphatic rings. The highest BCUT2D eigenvalue weighted by Gasteiger charge is 2.30. The quantitative estimate of drug-likeness (QED) is 0.781. The second-order valence-corrected chi connectivity index (χ2v) is 5.91. The molecule has 1 aromatic carbocycles. The van der Waals surface area contributed by atoms with E-state index in [2.05, 4.69) is 25.6 Å². The molecule has 0 saturated carbocycles. The Morgan fingerprint density at radius 1 is 1.40 bits per heavy atom. The maximum atomic E-state index is 13.3. The molecule has 4 rings (SSSR count). The molecule has 1 amide bonds. The number of aromatic nitrogens is 5. The van der Waals surface area contributed by atoms with Crippen LogP contribution >= 0.6 is 0 Å². The van der Waals surface area contributed by atoms with Crippen LogP contribution in [0.5, 0.6) is 0 Å². The summed E-state index contributed by atoms with van der Waals surface area (Å²) in [5, 5.41) is 13.9. The number of hydrogen-bond acceptors (Lipinski definition) is 6. The van der Waals surface area contributed by atoms with Gasteiger partial charge in [0.25, 0.3) is 5.91 Å². The summed E-state index contributed by atoms with van der Waals surface area (Å²) in [5.41, 5.74) is 0.841. The molecule has 0 aliphatic carbocycles. The van der Waals surface area contributed by atoms with Gasteiger partial charge in [-0.2, -0.15) is 20.4 Å². The van der Waals surface area contributed by atoms with Gasteiger partial charge >= 0.3 is 0 Å². The fraction of sp³-hybridized carbons (Fsp3) is 0.312. The normalized spacial score (nSPS) is 17.6. The van der Waals surface area contributed by atoms with E-state index in [1.807, 2.05) is 0 Å². The van der Waals surface area contributed by atoms with Crippen molar-refractivity contribution in [2.24, 2.45) is 0 Å². The van der Waals surface area contributed by atoms with Crippen LogP contribution in [0.2, 0.25) is 0 Å². The van der Waals surface area contributed by atoms with Crippen molar-refractivity contribution in [2.75, 3.05) is 13.1 Å². The molecule has 1 N–H and O–H groups in total. The van der Waals surface area contributed by atoms with Crippen LogP contribution in [0.15, 0.2) is 35.0 Å². The Morgan fingerprint density at radius 3 is 3.12 bits per heavy atom. The van der Waals surface area contributed by atoms with Crippen molar-refractivity contribution in [3.05, 3.63) is 47.9 Å². The van der Waals surface area contributed by atoms with Crippen LogP contribution in [-0.2, 0) is 0 Å². The maximum Gasteiger partial charge on any atom is 0.276 e. The Labute approximate surface area is 142 Å². The van der Waals surface area contributed by atoms with Crippen LogP contribution in [0.25, 0.3) is 11.4 Å². The molecule has 1 aliphatic heterocycles. The van der Waals surface area contributed by atoms with Crippen molar-refractivity contribution in [3.8, 4) is 11.4 Å². The molecule has 0 bridgehead atoms. The van der Waals surface area contributed by atoms with E-state index in [1.54, 1.807) is 17.0 Å². The first-order valence-electron chi connectivity index (χ1n) is 7.95. The monoisotopic (exact) mass is 342 g/mol. The van der Waals surface area contributed by atoms with E-state index in [-0.39, 0.29) is 23.3 Å². The lowest BCUT2D eigenvalue weighted by Gasteiger charge is -2.30. The van der Waals surface area contributed by atoms with Gasteiger partial charge in [-0.15, -0.1) is 0 Å². The van der Waals surface area contributed by atoms with E-state index < -0.39 is 0 Å². The Kier molecular flexibility index (Phi) is 3.96. The third-order valence-corrected chi connectivity index (χ3v) is 4.22. The number of carbonyl (C=O) groups excluding carboxylic acids is 1. The predicted molar refractivity (Wildman–Crippen MR) is 84.0 cm³/mol. The number of likely N-dealkylation sites (tertiary alicyclic amines) is 1. The summed E-state index contributed by atoms with van der Waals surface area (Å²) in [5.74, 6) is 0.208. The molecular formula is C16H15FN6O2. The Hall–Kier alpha value is -3.10. The molecule has 2 aromatic heterocycles. The molecule has 1 atom stereocenters. The molecule has 1 saturated heterocycles. The summed E-state index contributed by atoms with van der Waals surface area (Å²) in [7, 11) is 0. The largest absolute Gasteiger partial charge is 0.339 e. The Morgan fingerprint density at radius 2 is 2.32 bits per heavy atom. The van der Waals surface area contributed by atoms with E-state index in [0.717, 1.165) is 12.8 Å². The molecule has 1 fully saturated rings. The number of hydrogen-bond donors (Lipinski definition) is 1.